The summed E-state index contributed by atoms with van der Waals surface area (Å²) in [6.07, 6.45) is 4.44. The molecule has 6 nitrogen and oxygen atoms in total. The number of amidine groups is 1. The largest absolute Gasteiger partial charge is 0.345 e. The number of anilines is 1. The number of rotatable bonds is 4. The molecule has 0 spiro atoms. The van der Waals surface area contributed by atoms with Crippen molar-refractivity contribution in [1.29, 1.82) is 0 Å². The van der Waals surface area contributed by atoms with Crippen molar-refractivity contribution in [2.45, 2.75) is 20.3 Å². The molecule has 4 rings (SSSR count). The van der Waals surface area contributed by atoms with Gasteiger partial charge in [-0.05, 0) is 67.6 Å². The number of carbonyl (C=O) groups is 1. The van der Waals surface area contributed by atoms with Crippen LogP contribution in [0.3, 0.4) is 0 Å². The summed E-state index contributed by atoms with van der Waals surface area (Å²) in [4.78, 5) is 27.0. The maximum atomic E-state index is 12.2. The van der Waals surface area contributed by atoms with Gasteiger partial charge in [-0.25, -0.2) is 4.99 Å². The normalized spacial score (nSPS) is 15.9. The van der Waals surface area contributed by atoms with Gasteiger partial charge in [0.15, 0.2) is 0 Å². The van der Waals surface area contributed by atoms with Gasteiger partial charge in [-0.1, -0.05) is 6.07 Å². The van der Waals surface area contributed by atoms with Crippen LogP contribution in [0.15, 0.2) is 69.3 Å². The lowest BCUT2D eigenvalue weighted by Gasteiger charge is -2.15. The zero-order chi connectivity index (χ0) is 22.1. The van der Waals surface area contributed by atoms with Crippen molar-refractivity contribution < 1.29 is 4.79 Å². The summed E-state index contributed by atoms with van der Waals surface area (Å²) in [5.74, 6) is 0.675. The van der Waals surface area contributed by atoms with E-state index in [1.807, 2.05) is 38.2 Å². The highest BCUT2D eigenvalue weighted by Gasteiger charge is 2.22. The van der Waals surface area contributed by atoms with Crippen LogP contribution in [0.5, 0.6) is 0 Å². The van der Waals surface area contributed by atoms with E-state index in [0.29, 0.717) is 11.4 Å². The van der Waals surface area contributed by atoms with Crippen LogP contribution in [0.1, 0.15) is 34.0 Å². The van der Waals surface area contributed by atoms with Crippen LogP contribution in [0.25, 0.3) is 5.57 Å². The summed E-state index contributed by atoms with van der Waals surface area (Å²) in [6.45, 7) is 7.65. The quantitative estimate of drug-likeness (QED) is 0.735. The molecule has 156 valence electrons. The van der Waals surface area contributed by atoms with Crippen molar-refractivity contribution >= 4 is 41.1 Å². The average Bonchev–Trinajstić information content (AvgIpc) is 3.30. The third-order valence-corrected chi connectivity index (χ3v) is 5.37. The molecule has 0 bridgehead atoms. The Bertz CT molecular complexity index is 1210. The van der Waals surface area contributed by atoms with Gasteiger partial charge in [0.05, 0.1) is 5.69 Å². The minimum absolute atomic E-state index is 0.0240. The highest BCUT2D eigenvalue weighted by atomic mass is 16.2. The fourth-order valence-corrected chi connectivity index (χ4v) is 3.79. The number of nitrogens with one attached hydrogen (secondary N) is 1. The van der Waals surface area contributed by atoms with Gasteiger partial charge in [0.2, 0.25) is 0 Å². The fourth-order valence-electron chi connectivity index (χ4n) is 3.79. The van der Waals surface area contributed by atoms with Gasteiger partial charge in [-0.15, -0.1) is 0 Å². The van der Waals surface area contributed by atoms with E-state index in [1.54, 1.807) is 25.2 Å². The molecule has 0 radical (unpaired) electrons. The lowest BCUT2D eigenvalue weighted by Crippen LogP contribution is -2.22. The summed E-state index contributed by atoms with van der Waals surface area (Å²) in [6, 6.07) is 11.9. The Labute approximate surface area is 182 Å². The van der Waals surface area contributed by atoms with Gasteiger partial charge < -0.3 is 10.2 Å². The van der Waals surface area contributed by atoms with Crippen molar-refractivity contribution in [2.75, 3.05) is 19.4 Å². The van der Waals surface area contributed by atoms with Crippen molar-refractivity contribution in [3.05, 3.63) is 76.6 Å². The average molecular weight is 412 g/mol. The summed E-state index contributed by atoms with van der Waals surface area (Å²) < 4.78 is 0. The van der Waals surface area contributed by atoms with Crippen LogP contribution in [0.2, 0.25) is 0 Å². The third-order valence-electron chi connectivity index (χ3n) is 5.37. The first-order valence-corrected chi connectivity index (χ1v) is 10.1. The molecule has 2 aliphatic heterocycles. The number of aliphatic imine (C=N–C) groups is 3. The number of fused-ring (bicyclic) bond motifs is 1. The Morgan fingerprint density at radius 3 is 2.71 bits per heavy atom. The smallest absolute Gasteiger partial charge is 0.253 e. The summed E-state index contributed by atoms with van der Waals surface area (Å²) in [5, 5.41) is 3.39. The molecule has 0 saturated heterocycles. The zero-order valence-electron chi connectivity index (χ0n) is 18.2. The zero-order valence-corrected chi connectivity index (χ0v) is 18.2. The van der Waals surface area contributed by atoms with E-state index in [4.69, 9.17) is 0 Å². The second-order valence-electron chi connectivity index (χ2n) is 7.97. The molecule has 0 saturated carbocycles. The van der Waals surface area contributed by atoms with Crippen LogP contribution >= 0.6 is 0 Å². The lowest BCUT2D eigenvalue weighted by molar-refractivity contribution is 0.0827. The van der Waals surface area contributed by atoms with Crippen molar-refractivity contribution in [1.82, 2.24) is 4.90 Å². The van der Waals surface area contributed by atoms with Crippen LogP contribution in [0, 0.1) is 6.92 Å². The van der Waals surface area contributed by atoms with Gasteiger partial charge in [-0.3, -0.25) is 14.8 Å². The molecule has 2 aromatic carbocycles. The monoisotopic (exact) mass is 411 g/mol. The first-order valence-electron chi connectivity index (χ1n) is 10.1. The molecule has 2 heterocycles. The number of nitrogens with zero attached hydrogens (tertiary/aromatic N) is 4. The first kappa shape index (κ1) is 20.5. The number of hydrogen-bond acceptors (Lipinski definition) is 5. The van der Waals surface area contributed by atoms with Gasteiger partial charge >= 0.3 is 0 Å². The Morgan fingerprint density at radius 2 is 2.00 bits per heavy atom. The van der Waals surface area contributed by atoms with Gasteiger partial charge in [0.25, 0.3) is 5.91 Å². The van der Waals surface area contributed by atoms with Gasteiger partial charge in [0, 0.05) is 61.0 Å². The SMILES string of the molecule is C=N/C=C1/C(c2ccc3c(c2)CC(C)=N3)=CN=C1Nc1ccc(C(=O)N(C)C)cc1C. The van der Waals surface area contributed by atoms with E-state index in [-0.39, 0.29) is 5.91 Å². The molecular weight excluding hydrogens is 386 g/mol. The number of aryl methyl sites for hydroxylation is 1. The second kappa shape index (κ2) is 8.14. The minimum atomic E-state index is -0.0240. The van der Waals surface area contributed by atoms with E-state index in [2.05, 4.69) is 45.2 Å². The number of hydrogen-bond donors (Lipinski definition) is 1. The molecule has 0 atom stereocenters. The highest BCUT2D eigenvalue weighted by Crippen LogP contribution is 2.35. The van der Waals surface area contributed by atoms with E-state index in [9.17, 15) is 4.79 Å². The number of benzene rings is 2. The van der Waals surface area contributed by atoms with Crippen molar-refractivity contribution in [3.8, 4) is 0 Å². The molecule has 0 aromatic heterocycles. The Kier molecular flexibility index (Phi) is 5.38. The number of carbonyl (C=O) groups excluding carboxylic acids is 1. The predicted molar refractivity (Wildman–Crippen MR) is 129 cm³/mol. The number of amides is 1. The first-order chi connectivity index (χ1) is 14.9. The predicted octanol–water partition coefficient (Wildman–Crippen LogP) is 4.79. The Morgan fingerprint density at radius 1 is 1.19 bits per heavy atom. The van der Waals surface area contributed by atoms with Crippen LogP contribution in [-0.2, 0) is 6.42 Å². The molecule has 6 heteroatoms. The molecule has 0 fully saturated rings. The minimum Gasteiger partial charge on any atom is -0.345 e. The third kappa shape index (κ3) is 3.97. The van der Waals surface area contributed by atoms with E-state index in [1.165, 1.54) is 5.56 Å². The maximum absolute atomic E-state index is 12.2. The summed E-state index contributed by atoms with van der Waals surface area (Å²) >= 11 is 0. The van der Waals surface area contributed by atoms with Gasteiger partial charge in [-0.2, -0.15) is 0 Å². The molecule has 0 aliphatic carbocycles. The van der Waals surface area contributed by atoms with E-state index < -0.39 is 0 Å². The van der Waals surface area contributed by atoms with Crippen LogP contribution < -0.4 is 5.32 Å². The van der Waals surface area contributed by atoms with Crippen molar-refractivity contribution in [3.63, 3.8) is 0 Å². The van der Waals surface area contributed by atoms with Gasteiger partial charge in [0.1, 0.15) is 5.84 Å². The van der Waals surface area contributed by atoms with Crippen molar-refractivity contribution in [2.24, 2.45) is 15.0 Å². The molecule has 0 unspecified atom stereocenters. The molecular formula is C25H25N5O. The lowest BCUT2D eigenvalue weighted by atomic mass is 9.96. The second-order valence-corrected chi connectivity index (χ2v) is 7.97. The van der Waals surface area contributed by atoms with Crippen LogP contribution in [-0.4, -0.2) is 43.2 Å². The Balaban J connectivity index is 1.58. The van der Waals surface area contributed by atoms with E-state index in [0.717, 1.165) is 45.8 Å². The molecule has 31 heavy (non-hydrogen) atoms. The maximum Gasteiger partial charge on any atom is 0.253 e. The standard InChI is InChI=1S/C25H25N5O/c1-15-10-18(25(31)30(4)5)7-8-22(15)29-24-21(13-26-3)20(14-27-24)17-6-9-23-19(12-17)11-16(2)28-23/h6-10,12-14H,3,11H2,1-2,4-5H3,(H,27,29)/b21-13-. The highest BCUT2D eigenvalue weighted by molar-refractivity contribution is 6.21. The topological polar surface area (TPSA) is 69.4 Å². The summed E-state index contributed by atoms with van der Waals surface area (Å²) in [5.41, 5.74) is 8.81. The molecule has 1 N–H and O–H groups in total. The van der Waals surface area contributed by atoms with E-state index >= 15 is 0 Å². The van der Waals surface area contributed by atoms with Crippen LogP contribution in [0.4, 0.5) is 11.4 Å². The molecule has 2 aromatic rings. The fraction of sp³-hybridized carbons (Fsp3) is 0.200. The molecule has 1 amide bonds. The molecule has 2 aliphatic rings. The summed E-state index contributed by atoms with van der Waals surface area (Å²) in [7, 11) is 3.49. The Hall–Kier alpha value is -3.80.